The lowest BCUT2D eigenvalue weighted by Crippen LogP contribution is -2.24. The molecule has 0 saturated carbocycles. The van der Waals surface area contributed by atoms with Crippen LogP contribution >= 0.6 is 11.6 Å². The molecule has 0 bridgehead atoms. The van der Waals surface area contributed by atoms with Crippen LogP contribution in [0.5, 0.6) is 0 Å². The van der Waals surface area contributed by atoms with Gasteiger partial charge in [0.05, 0.1) is 6.54 Å². The van der Waals surface area contributed by atoms with Crippen molar-refractivity contribution >= 4 is 17.3 Å². The van der Waals surface area contributed by atoms with Crippen LogP contribution < -0.4 is 4.90 Å². The molecule has 0 aliphatic carbocycles. The Hall–Kier alpha value is -2.37. The number of para-hydroxylation sites is 1. The second-order valence-corrected chi connectivity index (χ2v) is 5.78. The average Bonchev–Trinajstić information content (AvgIpc) is 3.08. The zero-order chi connectivity index (χ0) is 16.8. The topological polar surface area (TPSA) is 62.4 Å². The van der Waals surface area contributed by atoms with Crippen LogP contribution in [0.4, 0.5) is 5.69 Å². The molecule has 1 N–H and O–H groups in total. The van der Waals surface area contributed by atoms with Crippen molar-refractivity contribution < 1.29 is 9.52 Å². The predicted molar refractivity (Wildman–Crippen MR) is 93.9 cm³/mol. The summed E-state index contributed by atoms with van der Waals surface area (Å²) >= 11 is 6.00. The highest BCUT2D eigenvalue weighted by Crippen LogP contribution is 2.23. The normalized spacial score (nSPS) is 10.8. The second kappa shape index (κ2) is 7.95. The lowest BCUT2D eigenvalue weighted by molar-refractivity contribution is 0.289. The number of rotatable bonds is 7. The van der Waals surface area contributed by atoms with Gasteiger partial charge in [-0.2, -0.15) is 0 Å². The number of hydrogen-bond donors (Lipinski definition) is 1. The minimum atomic E-state index is 0.140. The highest BCUT2D eigenvalue weighted by atomic mass is 35.5. The molecule has 0 aliphatic heterocycles. The monoisotopic (exact) mass is 343 g/mol. The Balaban J connectivity index is 1.78. The van der Waals surface area contributed by atoms with Crippen LogP contribution in [-0.4, -0.2) is 28.5 Å². The van der Waals surface area contributed by atoms with Gasteiger partial charge < -0.3 is 14.4 Å². The molecule has 2 aromatic carbocycles. The summed E-state index contributed by atoms with van der Waals surface area (Å²) in [6.07, 6.45) is 0.671. The summed E-state index contributed by atoms with van der Waals surface area (Å²) in [5.74, 6) is 0.967. The Kier molecular flexibility index (Phi) is 5.46. The van der Waals surface area contributed by atoms with Gasteiger partial charge in [0.15, 0.2) is 0 Å². The third-order valence-electron chi connectivity index (χ3n) is 3.57. The van der Waals surface area contributed by atoms with Gasteiger partial charge in [-0.1, -0.05) is 35.9 Å². The smallest absolute Gasteiger partial charge is 0.247 e. The minimum Gasteiger partial charge on any atom is -0.419 e. The predicted octanol–water partition coefficient (Wildman–Crippen LogP) is 3.78. The first-order chi connectivity index (χ1) is 11.8. The van der Waals surface area contributed by atoms with Crippen LogP contribution in [0.2, 0.25) is 5.02 Å². The Morgan fingerprint density at radius 3 is 2.62 bits per heavy atom. The number of nitrogens with zero attached hydrogens (tertiary/aromatic N) is 3. The van der Waals surface area contributed by atoms with E-state index in [0.29, 0.717) is 36.3 Å². The summed E-state index contributed by atoms with van der Waals surface area (Å²) < 4.78 is 5.77. The van der Waals surface area contributed by atoms with Gasteiger partial charge in [0.25, 0.3) is 0 Å². The third kappa shape index (κ3) is 4.13. The average molecular weight is 344 g/mol. The van der Waals surface area contributed by atoms with Crippen molar-refractivity contribution in [1.82, 2.24) is 10.2 Å². The number of halogens is 1. The third-order valence-corrected chi connectivity index (χ3v) is 3.81. The second-order valence-electron chi connectivity index (χ2n) is 5.35. The molecule has 0 spiro atoms. The van der Waals surface area contributed by atoms with E-state index in [0.717, 1.165) is 11.3 Å². The maximum Gasteiger partial charge on any atom is 0.247 e. The summed E-state index contributed by atoms with van der Waals surface area (Å²) in [6.45, 7) is 1.33. The standard InChI is InChI=1S/C18H18ClN3O2/c19-15-7-4-6-14(12-15)18-21-20-17(24-18)13-22(10-5-11-23)16-8-2-1-3-9-16/h1-4,6-9,12,23H,5,10-11,13H2. The number of aromatic nitrogens is 2. The number of hydrogen-bond acceptors (Lipinski definition) is 5. The van der Waals surface area contributed by atoms with E-state index in [1.54, 1.807) is 12.1 Å². The molecule has 5 nitrogen and oxygen atoms in total. The van der Waals surface area contributed by atoms with E-state index in [2.05, 4.69) is 15.1 Å². The lowest BCUT2D eigenvalue weighted by Gasteiger charge is -2.22. The number of anilines is 1. The lowest BCUT2D eigenvalue weighted by atomic mass is 10.2. The van der Waals surface area contributed by atoms with Crippen LogP contribution in [-0.2, 0) is 6.54 Å². The molecule has 124 valence electrons. The molecule has 1 heterocycles. The van der Waals surface area contributed by atoms with E-state index >= 15 is 0 Å². The van der Waals surface area contributed by atoms with Crippen molar-refractivity contribution in [2.24, 2.45) is 0 Å². The molecule has 1 aromatic heterocycles. The zero-order valence-corrected chi connectivity index (χ0v) is 13.9. The molecule has 0 atom stereocenters. The van der Waals surface area contributed by atoms with Crippen molar-refractivity contribution in [2.75, 3.05) is 18.1 Å². The fraction of sp³-hybridized carbons (Fsp3) is 0.222. The summed E-state index contributed by atoms with van der Waals surface area (Å²) in [5.41, 5.74) is 1.84. The molecule has 0 amide bonds. The Bertz CT molecular complexity index is 777. The van der Waals surface area contributed by atoms with Crippen LogP contribution in [0.1, 0.15) is 12.3 Å². The fourth-order valence-corrected chi connectivity index (χ4v) is 2.61. The van der Waals surface area contributed by atoms with Gasteiger partial charge in [-0.15, -0.1) is 10.2 Å². The minimum absolute atomic E-state index is 0.140. The van der Waals surface area contributed by atoms with Crippen molar-refractivity contribution in [3.8, 4) is 11.5 Å². The van der Waals surface area contributed by atoms with Crippen LogP contribution in [0.15, 0.2) is 59.0 Å². The van der Waals surface area contributed by atoms with E-state index in [1.807, 2.05) is 42.5 Å². The molecule has 3 rings (SSSR count). The van der Waals surface area contributed by atoms with Gasteiger partial charge in [-0.3, -0.25) is 0 Å². The Morgan fingerprint density at radius 1 is 1.04 bits per heavy atom. The van der Waals surface area contributed by atoms with Gasteiger partial charge >= 0.3 is 0 Å². The van der Waals surface area contributed by atoms with E-state index in [-0.39, 0.29) is 6.61 Å². The molecule has 0 aliphatic rings. The van der Waals surface area contributed by atoms with Crippen LogP contribution in [0.25, 0.3) is 11.5 Å². The number of benzene rings is 2. The van der Waals surface area contributed by atoms with Gasteiger partial charge in [0.2, 0.25) is 11.8 Å². The van der Waals surface area contributed by atoms with E-state index < -0.39 is 0 Å². The number of aliphatic hydroxyl groups excluding tert-OH is 1. The first-order valence-corrected chi connectivity index (χ1v) is 8.13. The quantitative estimate of drug-likeness (QED) is 0.707. The SMILES string of the molecule is OCCCN(Cc1nnc(-c2cccc(Cl)c2)o1)c1ccccc1. The largest absolute Gasteiger partial charge is 0.419 e. The van der Waals surface area contributed by atoms with Gasteiger partial charge in [-0.25, -0.2) is 0 Å². The molecule has 0 fully saturated rings. The van der Waals surface area contributed by atoms with Crippen molar-refractivity contribution in [2.45, 2.75) is 13.0 Å². The highest BCUT2D eigenvalue weighted by molar-refractivity contribution is 6.30. The Morgan fingerprint density at radius 2 is 1.88 bits per heavy atom. The van der Waals surface area contributed by atoms with Gasteiger partial charge in [0.1, 0.15) is 0 Å². The van der Waals surface area contributed by atoms with E-state index in [4.69, 9.17) is 21.1 Å². The summed E-state index contributed by atoms with van der Waals surface area (Å²) in [4.78, 5) is 2.10. The van der Waals surface area contributed by atoms with Crippen molar-refractivity contribution in [1.29, 1.82) is 0 Å². The highest BCUT2D eigenvalue weighted by Gasteiger charge is 2.13. The van der Waals surface area contributed by atoms with Crippen LogP contribution in [0.3, 0.4) is 0 Å². The van der Waals surface area contributed by atoms with Crippen LogP contribution in [0, 0.1) is 0 Å². The summed E-state index contributed by atoms with van der Waals surface area (Å²) in [7, 11) is 0. The molecule has 3 aromatic rings. The molecular formula is C18H18ClN3O2. The molecular weight excluding hydrogens is 326 g/mol. The molecule has 0 radical (unpaired) electrons. The molecule has 24 heavy (non-hydrogen) atoms. The van der Waals surface area contributed by atoms with Crippen molar-refractivity contribution in [3.63, 3.8) is 0 Å². The molecule has 0 saturated heterocycles. The first-order valence-electron chi connectivity index (χ1n) is 7.75. The van der Waals surface area contributed by atoms with E-state index in [9.17, 15) is 0 Å². The number of aliphatic hydroxyl groups is 1. The summed E-state index contributed by atoms with van der Waals surface area (Å²) in [6, 6.07) is 17.3. The van der Waals surface area contributed by atoms with Gasteiger partial charge in [-0.05, 0) is 36.8 Å². The maximum atomic E-state index is 9.12. The molecule has 6 heteroatoms. The van der Waals surface area contributed by atoms with E-state index in [1.165, 1.54) is 0 Å². The zero-order valence-electron chi connectivity index (χ0n) is 13.1. The first kappa shape index (κ1) is 16.5. The fourth-order valence-electron chi connectivity index (χ4n) is 2.42. The summed E-state index contributed by atoms with van der Waals surface area (Å²) in [5, 5.41) is 18.0. The maximum absolute atomic E-state index is 9.12. The van der Waals surface area contributed by atoms with Gasteiger partial charge in [0, 0.05) is 29.4 Å². The molecule has 0 unspecified atom stereocenters. The van der Waals surface area contributed by atoms with Crippen molar-refractivity contribution in [3.05, 3.63) is 65.5 Å². The Labute approximate surface area is 145 Å².